The first-order valence-corrected chi connectivity index (χ1v) is 5.73. The van der Waals surface area contributed by atoms with Gasteiger partial charge in [-0.25, -0.2) is 0 Å². The number of ether oxygens (including phenoxy) is 1. The summed E-state index contributed by atoms with van der Waals surface area (Å²) in [7, 11) is 1.66. The van der Waals surface area contributed by atoms with Crippen molar-refractivity contribution in [2.24, 2.45) is 0 Å². The molecule has 0 aromatic carbocycles. The number of alkyl halides is 1. The molecule has 90 valence electrons. The minimum atomic E-state index is -0.200. The highest BCUT2D eigenvalue weighted by Crippen LogP contribution is 2.09. The van der Waals surface area contributed by atoms with Crippen molar-refractivity contribution in [2.75, 3.05) is 20.3 Å². The average Bonchev–Trinajstić information content (AvgIpc) is 2.77. The van der Waals surface area contributed by atoms with E-state index < -0.39 is 0 Å². The summed E-state index contributed by atoms with van der Waals surface area (Å²) in [6, 6.07) is 3.33. The number of methoxy groups -OCH3 is 1. The number of nitrogens with one attached hydrogen (secondary N) is 1. The lowest BCUT2D eigenvalue weighted by Gasteiger charge is -2.02. The van der Waals surface area contributed by atoms with Gasteiger partial charge in [0.2, 0.25) is 0 Å². The number of carbonyl (C=O) groups excluding carboxylic acids is 1. The number of rotatable bonds is 7. The fourth-order valence-corrected chi connectivity index (χ4v) is 1.38. The number of carbonyl (C=O) groups is 1. The zero-order valence-electron chi connectivity index (χ0n) is 9.29. The van der Waals surface area contributed by atoms with Gasteiger partial charge < -0.3 is 14.5 Å². The van der Waals surface area contributed by atoms with E-state index in [4.69, 9.17) is 20.8 Å². The second kappa shape index (κ2) is 7.30. The molecule has 0 saturated carbocycles. The molecule has 0 unspecified atom stereocenters. The van der Waals surface area contributed by atoms with Gasteiger partial charge in [0, 0.05) is 20.3 Å². The zero-order chi connectivity index (χ0) is 11.8. The van der Waals surface area contributed by atoms with Crippen molar-refractivity contribution in [1.29, 1.82) is 0 Å². The Kier molecular flexibility index (Phi) is 5.96. The van der Waals surface area contributed by atoms with Gasteiger partial charge in [0.25, 0.3) is 5.91 Å². The van der Waals surface area contributed by atoms with Crippen LogP contribution in [-0.2, 0) is 10.6 Å². The van der Waals surface area contributed by atoms with E-state index in [1.165, 1.54) is 0 Å². The number of furan rings is 1. The number of hydrogen-bond donors (Lipinski definition) is 1. The van der Waals surface area contributed by atoms with E-state index in [9.17, 15) is 4.79 Å². The Bertz CT molecular complexity index is 325. The molecular weight excluding hydrogens is 230 g/mol. The molecule has 0 saturated heterocycles. The summed E-state index contributed by atoms with van der Waals surface area (Å²) in [5.41, 5.74) is 0. The van der Waals surface area contributed by atoms with Crippen LogP contribution in [0.5, 0.6) is 0 Å². The van der Waals surface area contributed by atoms with Crippen LogP contribution in [0.3, 0.4) is 0 Å². The van der Waals surface area contributed by atoms with Crippen molar-refractivity contribution >= 4 is 17.5 Å². The molecule has 1 N–H and O–H groups in total. The second-order valence-corrected chi connectivity index (χ2v) is 3.62. The van der Waals surface area contributed by atoms with E-state index in [2.05, 4.69) is 5.32 Å². The summed E-state index contributed by atoms with van der Waals surface area (Å²) in [5, 5.41) is 2.76. The smallest absolute Gasteiger partial charge is 0.286 e. The maximum atomic E-state index is 11.5. The zero-order valence-corrected chi connectivity index (χ0v) is 10.0. The first-order chi connectivity index (χ1) is 7.77. The molecule has 1 amide bonds. The first kappa shape index (κ1) is 13.1. The van der Waals surface area contributed by atoms with Crippen LogP contribution in [0.1, 0.15) is 29.2 Å². The van der Waals surface area contributed by atoms with Crippen LogP contribution in [0, 0.1) is 0 Å². The van der Waals surface area contributed by atoms with Gasteiger partial charge in [-0.05, 0) is 25.0 Å². The van der Waals surface area contributed by atoms with Crippen molar-refractivity contribution in [2.45, 2.75) is 18.7 Å². The standard InChI is InChI=1S/C11H16ClNO3/c1-15-7-3-2-6-13-11(14)10-5-4-9(8-12)16-10/h4-5H,2-3,6-8H2,1H3,(H,13,14). The van der Waals surface area contributed by atoms with Crippen LogP contribution in [0.2, 0.25) is 0 Å². The Morgan fingerprint density at radius 3 is 2.94 bits per heavy atom. The summed E-state index contributed by atoms with van der Waals surface area (Å²) in [6.45, 7) is 1.34. The van der Waals surface area contributed by atoms with E-state index in [1.54, 1.807) is 19.2 Å². The van der Waals surface area contributed by atoms with Gasteiger partial charge in [-0.15, -0.1) is 11.6 Å². The van der Waals surface area contributed by atoms with Crippen molar-refractivity contribution in [3.63, 3.8) is 0 Å². The molecule has 1 heterocycles. The maximum absolute atomic E-state index is 11.5. The van der Waals surface area contributed by atoms with Gasteiger partial charge >= 0.3 is 0 Å². The molecular formula is C11H16ClNO3. The largest absolute Gasteiger partial charge is 0.455 e. The monoisotopic (exact) mass is 245 g/mol. The number of amides is 1. The van der Waals surface area contributed by atoms with Crippen molar-refractivity contribution in [1.82, 2.24) is 5.32 Å². The summed E-state index contributed by atoms with van der Waals surface area (Å²) < 4.78 is 10.1. The Morgan fingerprint density at radius 1 is 1.50 bits per heavy atom. The van der Waals surface area contributed by atoms with Gasteiger partial charge in [0.1, 0.15) is 5.76 Å². The van der Waals surface area contributed by atoms with E-state index >= 15 is 0 Å². The highest BCUT2D eigenvalue weighted by Gasteiger charge is 2.09. The maximum Gasteiger partial charge on any atom is 0.286 e. The SMILES string of the molecule is COCCCCNC(=O)c1ccc(CCl)o1. The van der Waals surface area contributed by atoms with E-state index in [0.717, 1.165) is 12.8 Å². The summed E-state index contributed by atoms with van der Waals surface area (Å²) in [6.07, 6.45) is 1.82. The third-order valence-corrected chi connectivity index (χ3v) is 2.34. The molecule has 0 radical (unpaired) electrons. The third kappa shape index (κ3) is 4.24. The molecule has 1 aromatic heterocycles. The van der Waals surface area contributed by atoms with E-state index in [-0.39, 0.29) is 11.8 Å². The Hall–Kier alpha value is -1.00. The first-order valence-electron chi connectivity index (χ1n) is 5.19. The lowest BCUT2D eigenvalue weighted by Crippen LogP contribution is -2.24. The minimum Gasteiger partial charge on any atom is -0.455 e. The molecule has 0 aliphatic carbocycles. The van der Waals surface area contributed by atoms with Crippen LogP contribution in [0.15, 0.2) is 16.5 Å². The Labute approximate surface area is 99.9 Å². The third-order valence-electron chi connectivity index (χ3n) is 2.08. The predicted octanol–water partition coefficient (Wildman–Crippen LogP) is 2.17. The van der Waals surface area contributed by atoms with Crippen LogP contribution in [0.25, 0.3) is 0 Å². The summed E-state index contributed by atoms with van der Waals surface area (Å²) >= 11 is 5.57. The average molecular weight is 246 g/mol. The van der Waals surface area contributed by atoms with Crippen molar-refractivity contribution in [3.05, 3.63) is 23.7 Å². The molecule has 0 aliphatic heterocycles. The van der Waals surface area contributed by atoms with Gasteiger partial charge in [0.15, 0.2) is 5.76 Å². The number of halogens is 1. The number of hydrogen-bond acceptors (Lipinski definition) is 3. The van der Waals surface area contributed by atoms with E-state index in [0.29, 0.717) is 24.7 Å². The fraction of sp³-hybridized carbons (Fsp3) is 0.545. The highest BCUT2D eigenvalue weighted by atomic mass is 35.5. The molecule has 0 aliphatic rings. The van der Waals surface area contributed by atoms with Gasteiger partial charge in [-0.2, -0.15) is 0 Å². The topological polar surface area (TPSA) is 51.5 Å². The normalized spacial score (nSPS) is 10.4. The van der Waals surface area contributed by atoms with Crippen molar-refractivity contribution < 1.29 is 13.9 Å². The molecule has 0 spiro atoms. The van der Waals surface area contributed by atoms with Crippen molar-refractivity contribution in [3.8, 4) is 0 Å². The van der Waals surface area contributed by atoms with Crippen LogP contribution in [-0.4, -0.2) is 26.2 Å². The lowest BCUT2D eigenvalue weighted by molar-refractivity contribution is 0.0922. The Balaban J connectivity index is 2.24. The quantitative estimate of drug-likeness (QED) is 0.592. The molecule has 4 nitrogen and oxygen atoms in total. The summed E-state index contributed by atoms with van der Waals surface area (Å²) in [5.74, 6) is 0.989. The Morgan fingerprint density at radius 2 is 2.31 bits per heavy atom. The molecule has 1 aromatic rings. The van der Waals surface area contributed by atoms with Gasteiger partial charge in [-0.1, -0.05) is 0 Å². The van der Waals surface area contributed by atoms with Crippen LogP contribution in [0.4, 0.5) is 0 Å². The van der Waals surface area contributed by atoms with Gasteiger partial charge in [0.05, 0.1) is 5.88 Å². The van der Waals surface area contributed by atoms with E-state index in [1.807, 2.05) is 0 Å². The molecule has 0 fully saturated rings. The fourth-order valence-electron chi connectivity index (χ4n) is 1.23. The molecule has 1 rings (SSSR count). The minimum absolute atomic E-state index is 0.200. The van der Waals surface area contributed by atoms with Crippen LogP contribution >= 0.6 is 11.6 Å². The van der Waals surface area contributed by atoms with Crippen LogP contribution < -0.4 is 5.32 Å². The number of unbranched alkanes of at least 4 members (excludes halogenated alkanes) is 1. The molecule has 16 heavy (non-hydrogen) atoms. The molecule has 0 bridgehead atoms. The van der Waals surface area contributed by atoms with Gasteiger partial charge in [-0.3, -0.25) is 4.79 Å². The lowest BCUT2D eigenvalue weighted by atomic mass is 10.3. The predicted molar refractivity (Wildman–Crippen MR) is 61.7 cm³/mol. The molecule has 5 heteroatoms. The molecule has 0 atom stereocenters. The second-order valence-electron chi connectivity index (χ2n) is 3.36. The summed E-state index contributed by atoms with van der Waals surface area (Å²) in [4.78, 5) is 11.5. The highest BCUT2D eigenvalue weighted by molar-refractivity contribution is 6.16.